The second-order valence-corrected chi connectivity index (χ2v) is 10.6. The number of hydrogen-bond acceptors (Lipinski definition) is 9. The van der Waals surface area contributed by atoms with Crippen molar-refractivity contribution in [1.29, 1.82) is 0 Å². The van der Waals surface area contributed by atoms with Crippen molar-refractivity contribution in [2.24, 2.45) is 0 Å². The molecule has 0 saturated carbocycles. The van der Waals surface area contributed by atoms with Gasteiger partial charge in [0.15, 0.2) is 0 Å². The van der Waals surface area contributed by atoms with Crippen molar-refractivity contribution >= 4 is 21.5 Å². The molecule has 0 spiro atoms. The third-order valence-corrected chi connectivity index (χ3v) is 8.39. The number of rotatable bonds is 5. The summed E-state index contributed by atoms with van der Waals surface area (Å²) in [5, 5.41) is 37.2. The summed E-state index contributed by atoms with van der Waals surface area (Å²) in [5.74, 6) is 1.97. The van der Waals surface area contributed by atoms with Crippen LogP contribution in [-0.4, -0.2) is 56.0 Å². The molecule has 4 aromatic rings. The molecule has 0 unspecified atom stereocenters. The van der Waals surface area contributed by atoms with Crippen LogP contribution in [0, 0.1) is 0 Å². The van der Waals surface area contributed by atoms with Gasteiger partial charge < -0.3 is 43.7 Å². The van der Waals surface area contributed by atoms with Gasteiger partial charge in [-0.05, 0) is 49.1 Å². The SMILES string of the molecule is COc1cc(OC)c2c(O)c3c(c(-c4c5c(c(O)c6c(OC)cc(OC)cc46)CO[C@@H](C)[C@@H]5O)c2c1)C[C@H](C)OC3. The Morgan fingerprint density at radius 2 is 1.22 bits per heavy atom. The zero-order chi connectivity index (χ0) is 29.2. The zero-order valence-electron chi connectivity index (χ0n) is 24.0. The molecule has 0 aliphatic carbocycles. The number of benzene rings is 4. The molecule has 0 aromatic heterocycles. The quantitative estimate of drug-likeness (QED) is 0.289. The molecule has 9 nitrogen and oxygen atoms in total. The highest BCUT2D eigenvalue weighted by atomic mass is 16.5. The van der Waals surface area contributed by atoms with Crippen LogP contribution in [0.4, 0.5) is 0 Å². The van der Waals surface area contributed by atoms with Crippen molar-refractivity contribution < 1.29 is 43.7 Å². The lowest BCUT2D eigenvalue weighted by Gasteiger charge is -2.34. The van der Waals surface area contributed by atoms with Crippen LogP contribution in [0.1, 0.15) is 42.2 Å². The molecule has 0 fully saturated rings. The third-order valence-electron chi connectivity index (χ3n) is 8.39. The van der Waals surface area contributed by atoms with Crippen molar-refractivity contribution in [1.82, 2.24) is 0 Å². The first-order valence-corrected chi connectivity index (χ1v) is 13.5. The van der Waals surface area contributed by atoms with Gasteiger partial charge in [-0.15, -0.1) is 0 Å². The molecule has 9 heteroatoms. The van der Waals surface area contributed by atoms with Crippen LogP contribution in [0.5, 0.6) is 34.5 Å². The fourth-order valence-corrected chi connectivity index (χ4v) is 6.32. The molecule has 0 radical (unpaired) electrons. The highest BCUT2D eigenvalue weighted by molar-refractivity contribution is 6.15. The van der Waals surface area contributed by atoms with E-state index in [-0.39, 0.29) is 30.8 Å². The van der Waals surface area contributed by atoms with Gasteiger partial charge in [0.25, 0.3) is 0 Å². The summed E-state index contributed by atoms with van der Waals surface area (Å²) < 4.78 is 34.7. The summed E-state index contributed by atoms with van der Waals surface area (Å²) in [6.45, 7) is 4.09. The van der Waals surface area contributed by atoms with Gasteiger partial charge in [-0.1, -0.05) is 0 Å². The summed E-state index contributed by atoms with van der Waals surface area (Å²) >= 11 is 0. The van der Waals surface area contributed by atoms with Crippen LogP contribution in [0.15, 0.2) is 24.3 Å². The van der Waals surface area contributed by atoms with Crippen molar-refractivity contribution in [2.75, 3.05) is 28.4 Å². The van der Waals surface area contributed by atoms with Gasteiger partial charge in [0.2, 0.25) is 0 Å². The third kappa shape index (κ3) is 4.02. The molecule has 2 heterocycles. The molecule has 0 bridgehead atoms. The first kappa shape index (κ1) is 27.3. The molecule has 0 amide bonds. The van der Waals surface area contributed by atoms with E-state index in [9.17, 15) is 15.3 Å². The normalized spacial score (nSPS) is 20.0. The van der Waals surface area contributed by atoms with E-state index in [0.29, 0.717) is 73.2 Å². The zero-order valence-corrected chi connectivity index (χ0v) is 24.0. The maximum atomic E-state index is 11.7. The van der Waals surface area contributed by atoms with Crippen molar-refractivity contribution in [3.05, 3.63) is 46.5 Å². The standard InChI is InChI=1S/C32H34O9/c1-14-7-18-21(12-40-14)31(34)26-19(8-16(36-3)10-23(26)38-5)25(18)28-20-9-17(37-4)11-24(39-6)27(20)32(35)22-13-41-15(2)30(33)29(22)28/h8-11,14-15,30,33-35H,7,12-13H2,1-6H3/t14-,15-,30-/m0/s1. The predicted molar refractivity (Wildman–Crippen MR) is 154 cm³/mol. The first-order chi connectivity index (χ1) is 19.7. The van der Waals surface area contributed by atoms with E-state index < -0.39 is 12.2 Å². The minimum absolute atomic E-state index is 0.0204. The molecule has 4 aromatic carbocycles. The maximum absolute atomic E-state index is 11.7. The lowest BCUT2D eigenvalue weighted by molar-refractivity contribution is -0.0527. The molecule has 0 saturated heterocycles. The van der Waals surface area contributed by atoms with Gasteiger partial charge in [-0.3, -0.25) is 0 Å². The van der Waals surface area contributed by atoms with Gasteiger partial charge >= 0.3 is 0 Å². The van der Waals surface area contributed by atoms with E-state index in [1.165, 1.54) is 7.11 Å². The van der Waals surface area contributed by atoms with E-state index in [1.807, 2.05) is 19.1 Å². The Labute approximate surface area is 237 Å². The van der Waals surface area contributed by atoms with Gasteiger partial charge in [0.05, 0.1) is 64.6 Å². The largest absolute Gasteiger partial charge is 0.507 e. The Balaban J connectivity index is 1.92. The number of aliphatic hydroxyl groups is 1. The van der Waals surface area contributed by atoms with E-state index in [1.54, 1.807) is 40.4 Å². The maximum Gasteiger partial charge on any atom is 0.134 e. The summed E-state index contributed by atoms with van der Waals surface area (Å²) in [5.41, 5.74) is 4.04. The number of hydrogen-bond donors (Lipinski definition) is 3. The number of phenolic OH excluding ortho intramolecular Hbond substituents is 2. The monoisotopic (exact) mass is 562 g/mol. The van der Waals surface area contributed by atoms with E-state index in [4.69, 9.17) is 28.4 Å². The van der Waals surface area contributed by atoms with Gasteiger partial charge in [0, 0.05) is 39.6 Å². The van der Waals surface area contributed by atoms with Crippen molar-refractivity contribution in [3.8, 4) is 45.6 Å². The first-order valence-electron chi connectivity index (χ1n) is 13.5. The highest BCUT2D eigenvalue weighted by Gasteiger charge is 2.37. The average Bonchev–Trinajstić information content (AvgIpc) is 2.98. The topological polar surface area (TPSA) is 116 Å². The summed E-state index contributed by atoms with van der Waals surface area (Å²) in [4.78, 5) is 0. The van der Waals surface area contributed by atoms with Crippen molar-refractivity contribution in [2.45, 2.75) is 51.8 Å². The van der Waals surface area contributed by atoms with E-state index in [2.05, 4.69) is 0 Å². The van der Waals surface area contributed by atoms with Gasteiger partial charge in [0.1, 0.15) is 40.6 Å². The minimum atomic E-state index is -1.05. The lowest BCUT2D eigenvalue weighted by Crippen LogP contribution is -2.27. The van der Waals surface area contributed by atoms with Crippen LogP contribution in [-0.2, 0) is 29.1 Å². The summed E-state index contributed by atoms with van der Waals surface area (Å²) in [6, 6.07) is 7.15. The Bertz CT molecular complexity index is 1690. The molecule has 3 N–H and O–H groups in total. The number of aliphatic hydroxyl groups excluding tert-OH is 1. The molecule has 216 valence electrons. The fourth-order valence-electron chi connectivity index (χ4n) is 6.32. The van der Waals surface area contributed by atoms with Crippen LogP contribution in [0.2, 0.25) is 0 Å². The fraction of sp³-hybridized carbons (Fsp3) is 0.375. The molecule has 2 aliphatic heterocycles. The number of ether oxygens (including phenoxy) is 6. The summed E-state index contributed by atoms with van der Waals surface area (Å²) in [7, 11) is 6.22. The van der Waals surface area contributed by atoms with E-state index in [0.717, 1.165) is 11.1 Å². The van der Waals surface area contributed by atoms with Crippen LogP contribution >= 0.6 is 0 Å². The number of aromatic hydroxyl groups is 2. The number of methoxy groups -OCH3 is 4. The Morgan fingerprint density at radius 1 is 0.683 bits per heavy atom. The predicted octanol–water partition coefficient (Wildman–Crippen LogP) is 5.52. The Kier molecular flexibility index (Phi) is 6.76. The van der Waals surface area contributed by atoms with Crippen LogP contribution in [0.3, 0.4) is 0 Å². The van der Waals surface area contributed by atoms with Crippen LogP contribution < -0.4 is 18.9 Å². The second kappa shape index (κ2) is 10.2. The van der Waals surface area contributed by atoms with Crippen molar-refractivity contribution in [3.63, 3.8) is 0 Å². The Hall–Kier alpha value is -3.92. The second-order valence-electron chi connectivity index (χ2n) is 10.6. The highest BCUT2D eigenvalue weighted by Crippen LogP contribution is 2.55. The Morgan fingerprint density at radius 3 is 1.78 bits per heavy atom. The smallest absolute Gasteiger partial charge is 0.134 e. The lowest BCUT2D eigenvalue weighted by atomic mass is 9.78. The molecule has 41 heavy (non-hydrogen) atoms. The molecular formula is C32H34O9. The average molecular weight is 563 g/mol. The van der Waals surface area contributed by atoms with Crippen LogP contribution in [0.25, 0.3) is 32.7 Å². The molecule has 2 aliphatic rings. The minimum Gasteiger partial charge on any atom is -0.507 e. The molecule has 6 rings (SSSR count). The number of phenols is 2. The molecule has 3 atom stereocenters. The summed E-state index contributed by atoms with van der Waals surface area (Å²) in [6.07, 6.45) is -1.20. The van der Waals surface area contributed by atoms with Gasteiger partial charge in [-0.2, -0.15) is 0 Å². The van der Waals surface area contributed by atoms with Gasteiger partial charge in [-0.25, -0.2) is 0 Å². The molecular weight excluding hydrogens is 528 g/mol. The van der Waals surface area contributed by atoms with E-state index >= 15 is 0 Å². The number of fused-ring (bicyclic) bond motifs is 4.